The molecule has 0 aromatic heterocycles. The summed E-state index contributed by atoms with van der Waals surface area (Å²) < 4.78 is 10.3. The molecule has 0 amide bonds. The van der Waals surface area contributed by atoms with Crippen LogP contribution in [-0.4, -0.2) is 68.0 Å². The number of rotatable bonds is 3. The minimum absolute atomic E-state index is 0.172. The van der Waals surface area contributed by atoms with E-state index in [0.717, 1.165) is 6.07 Å². The van der Waals surface area contributed by atoms with Crippen LogP contribution in [0, 0.1) is 0 Å². The van der Waals surface area contributed by atoms with Gasteiger partial charge >= 0.3 is 0 Å². The molecule has 2 rings (SSSR count). The van der Waals surface area contributed by atoms with E-state index in [0.29, 0.717) is 0 Å². The van der Waals surface area contributed by atoms with Gasteiger partial charge in [0, 0.05) is 6.07 Å². The lowest BCUT2D eigenvalue weighted by Gasteiger charge is -2.39. The zero-order valence-electron chi connectivity index (χ0n) is 10.3. The third kappa shape index (κ3) is 2.79. The van der Waals surface area contributed by atoms with Crippen molar-refractivity contribution in [1.82, 2.24) is 0 Å². The van der Waals surface area contributed by atoms with Crippen molar-refractivity contribution in [3.05, 3.63) is 18.2 Å². The summed E-state index contributed by atoms with van der Waals surface area (Å²) in [5, 5.41) is 56.8. The molecule has 1 unspecified atom stereocenters. The van der Waals surface area contributed by atoms with E-state index < -0.39 is 37.3 Å². The Morgan fingerprint density at radius 3 is 2.40 bits per heavy atom. The molecule has 0 aliphatic carbocycles. The molecule has 6 N–H and O–H groups in total. The number of aliphatic hydroxyl groups excluding tert-OH is 4. The highest BCUT2D eigenvalue weighted by Crippen LogP contribution is 2.32. The first kappa shape index (κ1) is 14.8. The molecule has 1 fully saturated rings. The van der Waals surface area contributed by atoms with Gasteiger partial charge in [-0.3, -0.25) is 0 Å². The van der Waals surface area contributed by atoms with E-state index in [-0.39, 0.29) is 17.2 Å². The van der Waals surface area contributed by atoms with E-state index in [2.05, 4.69) is 0 Å². The van der Waals surface area contributed by atoms with Crippen LogP contribution in [0.4, 0.5) is 0 Å². The molecule has 1 aromatic rings. The van der Waals surface area contributed by atoms with Crippen LogP contribution < -0.4 is 4.74 Å². The molecule has 0 spiro atoms. The van der Waals surface area contributed by atoms with Crippen LogP contribution in [0.25, 0.3) is 0 Å². The van der Waals surface area contributed by atoms with Crippen molar-refractivity contribution in [2.45, 2.75) is 30.7 Å². The molecule has 20 heavy (non-hydrogen) atoms. The molecule has 0 bridgehead atoms. The number of aromatic hydroxyl groups is 2. The van der Waals surface area contributed by atoms with Crippen molar-refractivity contribution in [3.63, 3.8) is 0 Å². The van der Waals surface area contributed by atoms with E-state index in [4.69, 9.17) is 14.6 Å². The van der Waals surface area contributed by atoms with Crippen LogP contribution in [0.1, 0.15) is 0 Å². The topological polar surface area (TPSA) is 140 Å². The largest absolute Gasteiger partial charge is 0.508 e. The van der Waals surface area contributed by atoms with E-state index in [1.165, 1.54) is 12.1 Å². The lowest BCUT2D eigenvalue weighted by Crippen LogP contribution is -2.60. The first-order chi connectivity index (χ1) is 9.43. The van der Waals surface area contributed by atoms with Crippen molar-refractivity contribution in [3.8, 4) is 17.2 Å². The first-order valence-corrected chi connectivity index (χ1v) is 5.93. The maximum absolute atomic E-state index is 9.76. The molecule has 1 heterocycles. The van der Waals surface area contributed by atoms with Gasteiger partial charge in [-0.05, 0) is 12.1 Å². The molecular weight excluding hydrogens is 272 g/mol. The molecule has 5 atom stereocenters. The molecule has 0 saturated carbocycles. The monoisotopic (exact) mass is 288 g/mol. The standard InChI is InChI=1S/C12H16O8/c13-4-8-9(16)10(17)11(18)12(20-8)19-7-3-5(14)1-2-6(7)15/h1-3,8-18H,4H2/t8-,9-,10+,11-,12?/m1/s1. The fraction of sp³-hybridized carbons (Fsp3) is 0.500. The highest BCUT2D eigenvalue weighted by atomic mass is 16.7. The molecule has 8 heteroatoms. The van der Waals surface area contributed by atoms with Crippen LogP contribution >= 0.6 is 0 Å². The lowest BCUT2D eigenvalue weighted by molar-refractivity contribution is -0.277. The third-order valence-corrected chi connectivity index (χ3v) is 3.03. The fourth-order valence-corrected chi connectivity index (χ4v) is 1.89. The summed E-state index contributed by atoms with van der Waals surface area (Å²) in [6, 6.07) is 3.50. The van der Waals surface area contributed by atoms with Gasteiger partial charge in [-0.1, -0.05) is 0 Å². The summed E-state index contributed by atoms with van der Waals surface area (Å²) in [4.78, 5) is 0. The van der Waals surface area contributed by atoms with E-state index in [1.807, 2.05) is 0 Å². The number of benzene rings is 1. The minimum atomic E-state index is -1.59. The number of aliphatic hydroxyl groups is 4. The molecule has 1 aromatic carbocycles. The van der Waals surface area contributed by atoms with Gasteiger partial charge in [-0.15, -0.1) is 0 Å². The van der Waals surface area contributed by atoms with Crippen molar-refractivity contribution < 1.29 is 40.1 Å². The Morgan fingerprint density at radius 1 is 1.05 bits per heavy atom. The molecule has 8 nitrogen and oxygen atoms in total. The van der Waals surface area contributed by atoms with E-state index in [1.54, 1.807) is 0 Å². The maximum Gasteiger partial charge on any atom is 0.229 e. The average Bonchev–Trinajstić information content (AvgIpc) is 2.43. The second-order valence-corrected chi connectivity index (χ2v) is 4.47. The minimum Gasteiger partial charge on any atom is -0.508 e. The Bertz CT molecular complexity index is 463. The number of phenolic OH excluding ortho intramolecular Hbond substituents is 2. The van der Waals surface area contributed by atoms with Crippen LogP contribution in [0.2, 0.25) is 0 Å². The van der Waals surface area contributed by atoms with Gasteiger partial charge in [-0.2, -0.15) is 0 Å². The number of ether oxygens (including phenoxy) is 2. The van der Waals surface area contributed by atoms with Crippen molar-refractivity contribution in [2.24, 2.45) is 0 Å². The molecule has 1 saturated heterocycles. The van der Waals surface area contributed by atoms with Crippen LogP contribution in [0.5, 0.6) is 17.2 Å². The highest BCUT2D eigenvalue weighted by Gasteiger charge is 2.44. The number of hydrogen-bond acceptors (Lipinski definition) is 8. The van der Waals surface area contributed by atoms with Gasteiger partial charge in [0.2, 0.25) is 6.29 Å². The van der Waals surface area contributed by atoms with Gasteiger partial charge in [0.25, 0.3) is 0 Å². The van der Waals surface area contributed by atoms with E-state index in [9.17, 15) is 25.5 Å². The Kier molecular flexibility index (Phi) is 4.31. The van der Waals surface area contributed by atoms with E-state index >= 15 is 0 Å². The second-order valence-electron chi connectivity index (χ2n) is 4.47. The highest BCUT2D eigenvalue weighted by molar-refractivity contribution is 5.44. The van der Waals surface area contributed by atoms with Crippen molar-refractivity contribution >= 4 is 0 Å². The molecular formula is C12H16O8. The predicted octanol–water partition coefficient (Wildman–Crippen LogP) is -1.72. The summed E-state index contributed by atoms with van der Waals surface area (Å²) in [6.07, 6.45) is -7.19. The quantitative estimate of drug-likeness (QED) is 0.361. The summed E-state index contributed by atoms with van der Waals surface area (Å²) in [6.45, 7) is -0.586. The van der Waals surface area contributed by atoms with Crippen LogP contribution in [0.3, 0.4) is 0 Å². The van der Waals surface area contributed by atoms with Gasteiger partial charge in [0.1, 0.15) is 30.2 Å². The fourth-order valence-electron chi connectivity index (χ4n) is 1.89. The van der Waals surface area contributed by atoms with Gasteiger partial charge < -0.3 is 40.1 Å². The predicted molar refractivity (Wildman–Crippen MR) is 64.2 cm³/mol. The Labute approximate surface area is 114 Å². The number of hydrogen-bond donors (Lipinski definition) is 6. The second kappa shape index (κ2) is 5.81. The SMILES string of the molecule is OC[C@H]1OC(Oc2cc(O)ccc2O)[C@H](O)[C@@H](O)[C@@H]1O. The van der Waals surface area contributed by atoms with Crippen LogP contribution in [-0.2, 0) is 4.74 Å². The summed E-state index contributed by atoms with van der Waals surface area (Å²) in [7, 11) is 0. The average molecular weight is 288 g/mol. The zero-order valence-corrected chi connectivity index (χ0v) is 10.3. The number of phenols is 2. The van der Waals surface area contributed by atoms with Gasteiger partial charge in [0.15, 0.2) is 11.5 Å². The third-order valence-electron chi connectivity index (χ3n) is 3.03. The molecule has 1 aliphatic rings. The molecule has 0 radical (unpaired) electrons. The smallest absolute Gasteiger partial charge is 0.229 e. The Hall–Kier alpha value is -1.58. The van der Waals surface area contributed by atoms with Gasteiger partial charge in [-0.25, -0.2) is 0 Å². The molecule has 112 valence electrons. The summed E-state index contributed by atoms with van der Waals surface area (Å²) in [5.41, 5.74) is 0. The van der Waals surface area contributed by atoms with Crippen molar-refractivity contribution in [1.29, 1.82) is 0 Å². The van der Waals surface area contributed by atoms with Crippen LogP contribution in [0.15, 0.2) is 18.2 Å². The zero-order chi connectivity index (χ0) is 14.9. The van der Waals surface area contributed by atoms with Gasteiger partial charge in [0.05, 0.1) is 6.61 Å². The Morgan fingerprint density at radius 2 is 1.75 bits per heavy atom. The van der Waals surface area contributed by atoms with Crippen molar-refractivity contribution in [2.75, 3.05) is 6.61 Å². The normalized spacial score (nSPS) is 33.9. The first-order valence-electron chi connectivity index (χ1n) is 5.93. The Balaban J connectivity index is 2.17. The lowest BCUT2D eigenvalue weighted by atomic mass is 9.99. The summed E-state index contributed by atoms with van der Waals surface area (Å²) >= 11 is 0. The maximum atomic E-state index is 9.76. The summed E-state index contributed by atoms with van der Waals surface area (Å²) in [5.74, 6) is -0.656. The molecule has 1 aliphatic heterocycles.